The van der Waals surface area contributed by atoms with Gasteiger partial charge < -0.3 is 10.8 Å². The van der Waals surface area contributed by atoms with Gasteiger partial charge >= 0.3 is 0 Å². The molecule has 0 radical (unpaired) electrons. The van der Waals surface area contributed by atoms with Gasteiger partial charge in [-0.2, -0.15) is 0 Å². The predicted octanol–water partition coefficient (Wildman–Crippen LogP) is -0.584. The zero-order chi connectivity index (χ0) is 11.3. The fourth-order valence-electron chi connectivity index (χ4n) is 1.10. The molecule has 0 aliphatic heterocycles. The summed E-state index contributed by atoms with van der Waals surface area (Å²) in [7, 11) is -3.52. The molecule has 1 aromatic rings. The number of aliphatic hydroxyl groups is 1. The van der Waals surface area contributed by atoms with Crippen molar-refractivity contribution >= 4 is 10.0 Å². The minimum absolute atomic E-state index is 0.00911. The van der Waals surface area contributed by atoms with Gasteiger partial charge in [0.05, 0.1) is 11.5 Å². The van der Waals surface area contributed by atoms with E-state index in [9.17, 15) is 8.42 Å². The lowest BCUT2D eigenvalue weighted by Gasteiger charge is -2.06. The van der Waals surface area contributed by atoms with Crippen LogP contribution in [0, 0.1) is 0 Å². The Kier molecular flexibility index (Phi) is 4.22. The van der Waals surface area contributed by atoms with Crippen LogP contribution < -0.4 is 10.5 Å². The van der Waals surface area contributed by atoms with E-state index in [4.69, 9.17) is 10.8 Å². The van der Waals surface area contributed by atoms with Crippen molar-refractivity contribution in [3.05, 3.63) is 29.8 Å². The summed E-state index contributed by atoms with van der Waals surface area (Å²) >= 11 is 0. The van der Waals surface area contributed by atoms with Crippen molar-refractivity contribution in [2.24, 2.45) is 5.73 Å². The Labute approximate surface area is 89.0 Å². The van der Waals surface area contributed by atoms with Crippen LogP contribution in [0.1, 0.15) is 5.56 Å². The second kappa shape index (κ2) is 5.22. The van der Waals surface area contributed by atoms with E-state index in [-0.39, 0.29) is 18.0 Å². The van der Waals surface area contributed by atoms with Gasteiger partial charge in [0.1, 0.15) is 0 Å². The van der Waals surface area contributed by atoms with Gasteiger partial charge in [0.25, 0.3) is 0 Å². The average molecular weight is 230 g/mol. The molecule has 6 heteroatoms. The Morgan fingerprint density at radius 3 is 2.73 bits per heavy atom. The predicted molar refractivity (Wildman–Crippen MR) is 56.6 cm³/mol. The molecule has 0 unspecified atom stereocenters. The third kappa shape index (κ3) is 3.28. The van der Waals surface area contributed by atoms with Crippen molar-refractivity contribution in [3.8, 4) is 0 Å². The smallest absolute Gasteiger partial charge is 0.240 e. The minimum atomic E-state index is -3.52. The third-order valence-electron chi connectivity index (χ3n) is 1.85. The van der Waals surface area contributed by atoms with Gasteiger partial charge in [-0.05, 0) is 17.7 Å². The molecule has 0 heterocycles. The molecule has 0 saturated heterocycles. The van der Waals surface area contributed by atoms with Crippen LogP contribution in [0.2, 0.25) is 0 Å². The van der Waals surface area contributed by atoms with Crippen LogP contribution in [-0.2, 0) is 16.6 Å². The molecular formula is C9H14N2O3S. The van der Waals surface area contributed by atoms with Crippen LogP contribution in [0.3, 0.4) is 0 Å². The Bertz CT molecular complexity index is 417. The van der Waals surface area contributed by atoms with Crippen LogP contribution in [0.4, 0.5) is 0 Å². The highest BCUT2D eigenvalue weighted by Crippen LogP contribution is 2.10. The summed E-state index contributed by atoms with van der Waals surface area (Å²) in [5.41, 5.74) is 6.16. The summed E-state index contributed by atoms with van der Waals surface area (Å²) in [5.74, 6) is 0. The molecule has 0 spiro atoms. The molecule has 0 aromatic heterocycles. The Morgan fingerprint density at radius 1 is 1.40 bits per heavy atom. The molecule has 84 valence electrons. The van der Waals surface area contributed by atoms with Crippen molar-refractivity contribution in [1.29, 1.82) is 0 Å². The van der Waals surface area contributed by atoms with Crippen molar-refractivity contribution in [2.75, 3.05) is 13.2 Å². The Balaban J connectivity index is 2.94. The second-order valence-electron chi connectivity index (χ2n) is 2.97. The summed E-state index contributed by atoms with van der Waals surface area (Å²) in [6, 6.07) is 6.39. The molecule has 4 N–H and O–H groups in total. The second-order valence-corrected chi connectivity index (χ2v) is 4.74. The fourth-order valence-corrected chi connectivity index (χ4v) is 2.19. The summed E-state index contributed by atoms with van der Waals surface area (Å²) in [4.78, 5) is 0.166. The molecule has 0 aliphatic rings. The fraction of sp³-hybridized carbons (Fsp3) is 0.333. The highest BCUT2D eigenvalue weighted by Gasteiger charge is 2.12. The van der Waals surface area contributed by atoms with Gasteiger partial charge in [0.15, 0.2) is 0 Å². The maximum atomic E-state index is 11.6. The zero-order valence-corrected chi connectivity index (χ0v) is 9.00. The number of aliphatic hydroxyl groups excluding tert-OH is 1. The monoisotopic (exact) mass is 230 g/mol. The first-order valence-corrected chi connectivity index (χ1v) is 5.98. The van der Waals surface area contributed by atoms with Crippen LogP contribution in [0.15, 0.2) is 29.2 Å². The molecule has 5 nitrogen and oxygen atoms in total. The first kappa shape index (κ1) is 12.1. The molecule has 0 atom stereocenters. The Hall–Kier alpha value is -0.950. The van der Waals surface area contributed by atoms with Crippen LogP contribution in [0.25, 0.3) is 0 Å². The molecule has 0 aliphatic carbocycles. The first-order chi connectivity index (χ1) is 7.10. The van der Waals surface area contributed by atoms with E-state index in [0.29, 0.717) is 6.54 Å². The molecule has 0 bridgehead atoms. The number of nitrogens with two attached hydrogens (primary N) is 1. The molecule has 0 saturated carbocycles. The number of benzene rings is 1. The van der Waals surface area contributed by atoms with Crippen molar-refractivity contribution in [3.63, 3.8) is 0 Å². The van der Waals surface area contributed by atoms with E-state index in [1.54, 1.807) is 12.1 Å². The van der Waals surface area contributed by atoms with Crippen molar-refractivity contribution in [1.82, 2.24) is 4.72 Å². The van der Waals surface area contributed by atoms with E-state index >= 15 is 0 Å². The molecule has 1 aromatic carbocycles. The molecular weight excluding hydrogens is 216 g/mol. The van der Waals surface area contributed by atoms with Gasteiger partial charge in [-0.1, -0.05) is 12.1 Å². The number of nitrogens with one attached hydrogen (secondary N) is 1. The summed E-state index contributed by atoms with van der Waals surface area (Å²) in [6.07, 6.45) is 0. The summed E-state index contributed by atoms with van der Waals surface area (Å²) in [6.45, 7) is 0.0777. The number of hydrogen-bond acceptors (Lipinski definition) is 4. The van der Waals surface area contributed by atoms with E-state index in [1.165, 1.54) is 12.1 Å². The number of rotatable bonds is 5. The molecule has 1 rings (SSSR count). The number of hydrogen-bond donors (Lipinski definition) is 3. The topological polar surface area (TPSA) is 92.4 Å². The van der Waals surface area contributed by atoms with Crippen molar-refractivity contribution < 1.29 is 13.5 Å². The minimum Gasteiger partial charge on any atom is -0.395 e. The quantitative estimate of drug-likeness (QED) is 0.630. The lowest BCUT2D eigenvalue weighted by atomic mass is 10.2. The van der Waals surface area contributed by atoms with Gasteiger partial charge in [0, 0.05) is 13.1 Å². The normalized spacial score (nSPS) is 11.6. The highest BCUT2D eigenvalue weighted by molar-refractivity contribution is 7.89. The van der Waals surface area contributed by atoms with E-state index in [0.717, 1.165) is 5.56 Å². The van der Waals surface area contributed by atoms with Crippen LogP contribution >= 0.6 is 0 Å². The van der Waals surface area contributed by atoms with Gasteiger partial charge in [-0.3, -0.25) is 0 Å². The molecule has 0 amide bonds. The number of sulfonamides is 1. The zero-order valence-electron chi connectivity index (χ0n) is 8.18. The van der Waals surface area contributed by atoms with Crippen molar-refractivity contribution in [2.45, 2.75) is 11.4 Å². The van der Waals surface area contributed by atoms with Crippen LogP contribution in [-0.4, -0.2) is 26.7 Å². The standard InChI is InChI=1S/C9H14N2O3S/c10-7-8-2-1-3-9(6-8)15(13,14)11-4-5-12/h1-3,6,11-12H,4-5,7,10H2. The van der Waals surface area contributed by atoms with Crippen LogP contribution in [0.5, 0.6) is 0 Å². The first-order valence-electron chi connectivity index (χ1n) is 4.49. The SMILES string of the molecule is NCc1cccc(S(=O)(=O)NCCO)c1. The van der Waals surface area contributed by atoms with E-state index in [1.807, 2.05) is 0 Å². The summed E-state index contributed by atoms with van der Waals surface area (Å²) < 4.78 is 25.5. The molecule has 0 fully saturated rings. The maximum Gasteiger partial charge on any atom is 0.240 e. The highest BCUT2D eigenvalue weighted by atomic mass is 32.2. The van der Waals surface area contributed by atoms with Gasteiger partial charge in [-0.25, -0.2) is 13.1 Å². The van der Waals surface area contributed by atoms with Gasteiger partial charge in [0.2, 0.25) is 10.0 Å². The van der Waals surface area contributed by atoms with E-state index < -0.39 is 10.0 Å². The van der Waals surface area contributed by atoms with E-state index in [2.05, 4.69) is 4.72 Å². The Morgan fingerprint density at radius 2 is 2.13 bits per heavy atom. The third-order valence-corrected chi connectivity index (χ3v) is 3.31. The maximum absolute atomic E-state index is 11.6. The average Bonchev–Trinajstić information content (AvgIpc) is 2.26. The summed E-state index contributed by atoms with van der Waals surface area (Å²) in [5, 5.41) is 8.53. The lowest BCUT2D eigenvalue weighted by Crippen LogP contribution is -2.26. The molecule has 15 heavy (non-hydrogen) atoms. The van der Waals surface area contributed by atoms with Gasteiger partial charge in [-0.15, -0.1) is 0 Å². The lowest BCUT2D eigenvalue weighted by molar-refractivity contribution is 0.301. The largest absolute Gasteiger partial charge is 0.395 e.